The molecule has 142 valence electrons. The maximum atomic E-state index is 12.5. The molecule has 0 aliphatic rings. The van der Waals surface area contributed by atoms with Crippen molar-refractivity contribution in [1.29, 1.82) is 0 Å². The first-order chi connectivity index (χ1) is 12.9. The molecule has 1 aromatic carbocycles. The normalized spacial score (nSPS) is 11.2. The Balaban J connectivity index is 1.64. The predicted molar refractivity (Wildman–Crippen MR) is 103 cm³/mol. The third-order valence-electron chi connectivity index (χ3n) is 3.98. The lowest BCUT2D eigenvalue weighted by molar-refractivity contribution is 0.414. The number of anilines is 2. The molecule has 0 fully saturated rings. The highest BCUT2D eigenvalue weighted by Gasteiger charge is 2.22. The molecule has 0 aliphatic heterocycles. The molecule has 8 nitrogen and oxygen atoms in total. The standard InChI is InChI=1S/C18H21N5O3S/c1-12-18(13(2)22-21-12)27(24,25)23-15-6-9-17(20-11-15)19-10-14-4-7-16(26-3)8-5-14/h4-9,11,23H,10H2,1-3H3,(H,19,20)(H,21,22). The second-order valence-corrected chi connectivity index (χ2v) is 7.62. The molecule has 0 saturated carbocycles. The van der Waals surface area contributed by atoms with Crippen molar-refractivity contribution in [2.75, 3.05) is 17.1 Å². The molecular formula is C18H21N5O3S. The molecule has 0 spiro atoms. The molecule has 3 N–H and O–H groups in total. The fourth-order valence-corrected chi connectivity index (χ4v) is 4.05. The maximum absolute atomic E-state index is 12.5. The van der Waals surface area contributed by atoms with Crippen LogP contribution < -0.4 is 14.8 Å². The highest BCUT2D eigenvalue weighted by Crippen LogP contribution is 2.21. The van der Waals surface area contributed by atoms with Crippen molar-refractivity contribution in [2.24, 2.45) is 0 Å². The number of pyridine rings is 1. The van der Waals surface area contributed by atoms with Crippen molar-refractivity contribution < 1.29 is 13.2 Å². The lowest BCUT2D eigenvalue weighted by Gasteiger charge is -2.10. The van der Waals surface area contributed by atoms with E-state index < -0.39 is 10.0 Å². The van der Waals surface area contributed by atoms with Gasteiger partial charge in [0.05, 0.1) is 30.4 Å². The van der Waals surface area contributed by atoms with Crippen LogP contribution in [0.4, 0.5) is 11.5 Å². The number of methoxy groups -OCH3 is 1. The summed E-state index contributed by atoms with van der Waals surface area (Å²) >= 11 is 0. The van der Waals surface area contributed by atoms with E-state index in [1.54, 1.807) is 33.1 Å². The van der Waals surface area contributed by atoms with Crippen LogP contribution in [0, 0.1) is 13.8 Å². The van der Waals surface area contributed by atoms with E-state index in [0.717, 1.165) is 11.3 Å². The van der Waals surface area contributed by atoms with Gasteiger partial charge < -0.3 is 10.1 Å². The Labute approximate surface area is 158 Å². The van der Waals surface area contributed by atoms with Crippen LogP contribution in [-0.2, 0) is 16.6 Å². The molecule has 0 amide bonds. The third-order valence-corrected chi connectivity index (χ3v) is 5.62. The van der Waals surface area contributed by atoms with Crippen LogP contribution >= 0.6 is 0 Å². The number of sulfonamides is 1. The largest absolute Gasteiger partial charge is 0.497 e. The van der Waals surface area contributed by atoms with Crippen LogP contribution in [-0.4, -0.2) is 30.7 Å². The van der Waals surface area contributed by atoms with E-state index in [-0.39, 0.29) is 4.90 Å². The lowest BCUT2D eigenvalue weighted by atomic mass is 10.2. The Kier molecular flexibility index (Phi) is 5.31. The average Bonchev–Trinajstić information content (AvgIpc) is 3.00. The van der Waals surface area contributed by atoms with E-state index in [9.17, 15) is 8.42 Å². The minimum Gasteiger partial charge on any atom is -0.497 e. The minimum atomic E-state index is -3.72. The van der Waals surface area contributed by atoms with Crippen LogP contribution in [0.25, 0.3) is 0 Å². The van der Waals surface area contributed by atoms with Crippen molar-refractivity contribution in [3.63, 3.8) is 0 Å². The van der Waals surface area contributed by atoms with Gasteiger partial charge in [0.25, 0.3) is 10.0 Å². The number of hydrogen-bond acceptors (Lipinski definition) is 6. The van der Waals surface area contributed by atoms with Gasteiger partial charge in [0.15, 0.2) is 0 Å². The van der Waals surface area contributed by atoms with Crippen LogP contribution in [0.3, 0.4) is 0 Å². The summed E-state index contributed by atoms with van der Waals surface area (Å²) in [6.45, 7) is 3.90. The second-order valence-electron chi connectivity index (χ2n) is 6.00. The molecule has 3 aromatic rings. The number of aromatic nitrogens is 3. The summed E-state index contributed by atoms with van der Waals surface area (Å²) in [5, 5.41) is 9.79. The van der Waals surface area contributed by atoms with Crippen LogP contribution in [0.2, 0.25) is 0 Å². The van der Waals surface area contributed by atoms with Gasteiger partial charge in [0.1, 0.15) is 16.5 Å². The molecule has 0 aliphatic carbocycles. The first-order valence-electron chi connectivity index (χ1n) is 8.26. The summed E-state index contributed by atoms with van der Waals surface area (Å²) in [6.07, 6.45) is 1.47. The number of nitrogens with zero attached hydrogens (tertiary/aromatic N) is 2. The molecule has 27 heavy (non-hydrogen) atoms. The van der Waals surface area contributed by atoms with E-state index in [2.05, 4.69) is 25.2 Å². The molecule has 0 bridgehead atoms. The molecule has 0 atom stereocenters. The van der Waals surface area contributed by atoms with Gasteiger partial charge in [0, 0.05) is 6.54 Å². The Morgan fingerprint density at radius 2 is 1.85 bits per heavy atom. The van der Waals surface area contributed by atoms with Gasteiger partial charge in [-0.05, 0) is 43.7 Å². The van der Waals surface area contributed by atoms with Crippen LogP contribution in [0.1, 0.15) is 17.0 Å². The molecular weight excluding hydrogens is 366 g/mol. The first-order valence-corrected chi connectivity index (χ1v) is 9.74. The number of benzene rings is 1. The summed E-state index contributed by atoms with van der Waals surface area (Å²) in [5.74, 6) is 1.45. The quantitative estimate of drug-likeness (QED) is 0.575. The zero-order valence-electron chi connectivity index (χ0n) is 15.3. The summed E-state index contributed by atoms with van der Waals surface area (Å²) in [7, 11) is -2.09. The van der Waals surface area contributed by atoms with Gasteiger partial charge in [-0.25, -0.2) is 13.4 Å². The van der Waals surface area contributed by atoms with Crippen molar-refractivity contribution in [1.82, 2.24) is 15.2 Å². The summed E-state index contributed by atoms with van der Waals surface area (Å²) in [4.78, 5) is 4.41. The third kappa shape index (κ3) is 4.37. The van der Waals surface area contributed by atoms with Gasteiger partial charge in [-0.1, -0.05) is 12.1 Å². The van der Waals surface area contributed by atoms with Crippen LogP contribution in [0.15, 0.2) is 47.5 Å². The number of aromatic amines is 1. The summed E-state index contributed by atoms with van der Waals surface area (Å²) in [6, 6.07) is 11.1. The number of H-pyrrole nitrogens is 1. The fourth-order valence-electron chi connectivity index (χ4n) is 2.64. The first kappa shape index (κ1) is 18.7. The highest BCUT2D eigenvalue weighted by molar-refractivity contribution is 7.92. The fraction of sp³-hybridized carbons (Fsp3) is 0.222. The van der Waals surface area contributed by atoms with Gasteiger partial charge in [-0.15, -0.1) is 0 Å². The highest BCUT2D eigenvalue weighted by atomic mass is 32.2. The van der Waals surface area contributed by atoms with Gasteiger partial charge in [-0.3, -0.25) is 9.82 Å². The Hall–Kier alpha value is -3.07. The monoisotopic (exact) mass is 387 g/mol. The smallest absolute Gasteiger partial charge is 0.265 e. The zero-order chi connectivity index (χ0) is 19.4. The molecule has 2 heterocycles. The molecule has 0 saturated heterocycles. The number of ether oxygens (including phenoxy) is 1. The average molecular weight is 387 g/mol. The molecule has 9 heteroatoms. The SMILES string of the molecule is COc1ccc(CNc2ccc(NS(=O)(=O)c3c(C)n[nH]c3C)cn2)cc1. The van der Waals surface area contributed by atoms with E-state index >= 15 is 0 Å². The van der Waals surface area contributed by atoms with Gasteiger partial charge >= 0.3 is 0 Å². The minimum absolute atomic E-state index is 0.157. The summed E-state index contributed by atoms with van der Waals surface area (Å²) < 4.78 is 32.7. The molecule has 0 unspecified atom stereocenters. The molecule has 3 rings (SSSR count). The van der Waals surface area contributed by atoms with Gasteiger partial charge in [-0.2, -0.15) is 5.10 Å². The number of aryl methyl sites for hydroxylation is 2. The predicted octanol–water partition coefficient (Wildman–Crippen LogP) is 2.84. The number of nitrogens with one attached hydrogen (secondary N) is 3. The lowest BCUT2D eigenvalue weighted by Crippen LogP contribution is -2.14. The maximum Gasteiger partial charge on any atom is 0.265 e. The Morgan fingerprint density at radius 1 is 1.11 bits per heavy atom. The van der Waals surface area contributed by atoms with Crippen molar-refractivity contribution in [2.45, 2.75) is 25.3 Å². The molecule has 0 radical (unpaired) electrons. The van der Waals surface area contributed by atoms with Crippen molar-refractivity contribution in [3.8, 4) is 5.75 Å². The number of rotatable bonds is 7. The van der Waals surface area contributed by atoms with E-state index in [1.807, 2.05) is 24.3 Å². The van der Waals surface area contributed by atoms with E-state index in [0.29, 0.717) is 29.4 Å². The van der Waals surface area contributed by atoms with Gasteiger partial charge in [0.2, 0.25) is 0 Å². The molecule has 2 aromatic heterocycles. The van der Waals surface area contributed by atoms with E-state index in [1.165, 1.54) is 6.20 Å². The van der Waals surface area contributed by atoms with Crippen molar-refractivity contribution in [3.05, 3.63) is 59.5 Å². The second kappa shape index (κ2) is 7.67. The topological polar surface area (TPSA) is 109 Å². The summed E-state index contributed by atoms with van der Waals surface area (Å²) in [5.41, 5.74) is 2.37. The van der Waals surface area contributed by atoms with Crippen molar-refractivity contribution >= 4 is 21.5 Å². The van der Waals surface area contributed by atoms with E-state index in [4.69, 9.17) is 4.74 Å². The zero-order valence-corrected chi connectivity index (χ0v) is 16.1. The Morgan fingerprint density at radius 3 is 2.41 bits per heavy atom. The van der Waals surface area contributed by atoms with Crippen LogP contribution in [0.5, 0.6) is 5.75 Å². The number of hydrogen-bond donors (Lipinski definition) is 3. The Bertz CT molecular complexity index is 993.